The molecule has 3 nitrogen and oxygen atoms in total. The lowest BCUT2D eigenvalue weighted by Crippen LogP contribution is -2.33. The van der Waals surface area contributed by atoms with Crippen molar-refractivity contribution in [3.8, 4) is 11.1 Å². The summed E-state index contributed by atoms with van der Waals surface area (Å²) in [5.74, 6) is -0.840. The van der Waals surface area contributed by atoms with Crippen molar-refractivity contribution in [3.05, 3.63) is 59.7 Å². The third-order valence-electron chi connectivity index (χ3n) is 3.84. The van der Waals surface area contributed by atoms with Gasteiger partial charge in [0.25, 0.3) is 5.91 Å². The predicted octanol–water partition coefficient (Wildman–Crippen LogP) is 3.24. The van der Waals surface area contributed by atoms with Gasteiger partial charge in [0.2, 0.25) is 5.78 Å². The van der Waals surface area contributed by atoms with E-state index in [1.165, 1.54) is 0 Å². The Morgan fingerprint density at radius 3 is 2.00 bits per heavy atom. The van der Waals surface area contributed by atoms with Crippen LogP contribution in [0, 0.1) is 0 Å². The lowest BCUT2D eigenvalue weighted by atomic mass is 10.0. The first kappa shape index (κ1) is 13.6. The van der Waals surface area contributed by atoms with E-state index in [9.17, 15) is 9.59 Å². The van der Waals surface area contributed by atoms with Gasteiger partial charge in [0.05, 0.1) is 6.04 Å². The molecule has 3 heteroatoms. The molecule has 1 amide bonds. The monoisotopic (exact) mass is 279 g/mol. The molecular formula is C18H17NO2. The molecule has 0 fully saturated rings. The zero-order valence-corrected chi connectivity index (χ0v) is 11.9. The molecular weight excluding hydrogens is 262 g/mol. The fraction of sp³-hybridized carbons (Fsp3) is 0.222. The highest BCUT2D eigenvalue weighted by Crippen LogP contribution is 2.42. The summed E-state index contributed by atoms with van der Waals surface area (Å²) in [6, 6.07) is 15.8. The summed E-state index contributed by atoms with van der Waals surface area (Å²) < 4.78 is 0. The van der Waals surface area contributed by atoms with Gasteiger partial charge in [-0.25, -0.2) is 0 Å². The van der Waals surface area contributed by atoms with Crippen LogP contribution in [-0.4, -0.2) is 11.7 Å². The molecule has 0 atom stereocenters. The second-order valence-electron chi connectivity index (χ2n) is 5.25. The Bertz CT molecular complexity index is 660. The van der Waals surface area contributed by atoms with Crippen LogP contribution in [0.25, 0.3) is 11.1 Å². The van der Waals surface area contributed by atoms with Crippen molar-refractivity contribution in [2.75, 3.05) is 0 Å². The number of Topliss-reactive ketones (excluding diaryl/α,β-unsaturated/α-hetero) is 1. The lowest BCUT2D eigenvalue weighted by Gasteiger charge is -2.15. The molecule has 0 spiro atoms. The number of carbonyl (C=O) groups excluding carboxylic acids is 2. The van der Waals surface area contributed by atoms with E-state index >= 15 is 0 Å². The number of carbonyl (C=O) groups is 2. The van der Waals surface area contributed by atoms with Crippen LogP contribution in [0.1, 0.15) is 36.9 Å². The molecule has 0 aliphatic heterocycles. The Morgan fingerprint density at radius 2 is 1.48 bits per heavy atom. The Labute approximate surface area is 124 Å². The van der Waals surface area contributed by atoms with Crippen LogP contribution in [0.5, 0.6) is 0 Å². The molecule has 1 aliphatic carbocycles. The van der Waals surface area contributed by atoms with Crippen molar-refractivity contribution in [2.24, 2.45) is 0 Å². The SMILES string of the molecule is CCCC(=O)C(=O)NC1c2ccccc2-c2ccccc21. The number of fused-ring (bicyclic) bond motifs is 3. The number of nitrogens with one attached hydrogen (secondary N) is 1. The zero-order valence-electron chi connectivity index (χ0n) is 11.9. The van der Waals surface area contributed by atoms with Crippen molar-refractivity contribution < 1.29 is 9.59 Å². The molecule has 21 heavy (non-hydrogen) atoms. The molecule has 0 bridgehead atoms. The summed E-state index contributed by atoms with van der Waals surface area (Å²) in [6.07, 6.45) is 0.978. The summed E-state index contributed by atoms with van der Waals surface area (Å²) in [7, 11) is 0. The minimum atomic E-state index is -0.492. The first-order valence-corrected chi connectivity index (χ1v) is 7.24. The molecule has 0 aromatic heterocycles. The topological polar surface area (TPSA) is 46.2 Å². The van der Waals surface area contributed by atoms with Crippen LogP contribution < -0.4 is 5.32 Å². The van der Waals surface area contributed by atoms with Gasteiger partial charge in [-0.05, 0) is 28.7 Å². The smallest absolute Gasteiger partial charge is 0.288 e. The van der Waals surface area contributed by atoms with Crippen molar-refractivity contribution in [2.45, 2.75) is 25.8 Å². The molecule has 3 rings (SSSR count). The van der Waals surface area contributed by atoms with E-state index in [-0.39, 0.29) is 11.8 Å². The molecule has 106 valence electrons. The Kier molecular flexibility index (Phi) is 3.57. The fourth-order valence-electron chi connectivity index (χ4n) is 2.86. The van der Waals surface area contributed by atoms with E-state index in [0.717, 1.165) is 22.3 Å². The quantitative estimate of drug-likeness (QED) is 0.873. The zero-order chi connectivity index (χ0) is 14.8. The summed E-state index contributed by atoms with van der Waals surface area (Å²) in [6.45, 7) is 1.89. The van der Waals surface area contributed by atoms with Crippen molar-refractivity contribution >= 4 is 11.7 Å². The molecule has 1 N–H and O–H groups in total. The molecule has 0 heterocycles. The second kappa shape index (κ2) is 5.52. The standard InChI is InChI=1S/C18H17NO2/c1-2-7-16(20)18(21)19-17-14-10-5-3-8-12(14)13-9-4-6-11-15(13)17/h3-6,8-11,17H,2,7H2,1H3,(H,19,21). The average Bonchev–Trinajstić information content (AvgIpc) is 2.82. The minimum absolute atomic E-state index is 0.231. The molecule has 0 saturated carbocycles. The fourth-order valence-corrected chi connectivity index (χ4v) is 2.86. The maximum Gasteiger partial charge on any atom is 0.288 e. The highest BCUT2D eigenvalue weighted by atomic mass is 16.2. The van der Waals surface area contributed by atoms with Gasteiger partial charge in [0, 0.05) is 6.42 Å². The van der Waals surface area contributed by atoms with Crippen molar-refractivity contribution in [3.63, 3.8) is 0 Å². The van der Waals surface area contributed by atoms with Gasteiger partial charge in [-0.15, -0.1) is 0 Å². The Morgan fingerprint density at radius 1 is 0.952 bits per heavy atom. The Hall–Kier alpha value is -2.42. The second-order valence-corrected chi connectivity index (χ2v) is 5.25. The average molecular weight is 279 g/mol. The first-order chi connectivity index (χ1) is 10.2. The van der Waals surface area contributed by atoms with Crippen LogP contribution >= 0.6 is 0 Å². The largest absolute Gasteiger partial charge is 0.339 e. The van der Waals surface area contributed by atoms with Gasteiger partial charge in [-0.3, -0.25) is 9.59 Å². The van der Waals surface area contributed by atoms with Crippen LogP contribution in [0.4, 0.5) is 0 Å². The van der Waals surface area contributed by atoms with E-state index in [4.69, 9.17) is 0 Å². The maximum atomic E-state index is 12.0. The van der Waals surface area contributed by atoms with Crippen LogP contribution in [0.15, 0.2) is 48.5 Å². The summed E-state index contributed by atoms with van der Waals surface area (Å²) in [5.41, 5.74) is 4.36. The lowest BCUT2D eigenvalue weighted by molar-refractivity contribution is -0.138. The van der Waals surface area contributed by atoms with Crippen molar-refractivity contribution in [1.29, 1.82) is 0 Å². The number of rotatable bonds is 4. The molecule has 1 aliphatic rings. The van der Waals surface area contributed by atoms with E-state index in [1.807, 2.05) is 55.5 Å². The summed E-state index contributed by atoms with van der Waals surface area (Å²) in [4.78, 5) is 23.8. The number of hydrogen-bond acceptors (Lipinski definition) is 2. The summed E-state index contributed by atoms with van der Waals surface area (Å²) >= 11 is 0. The maximum absolute atomic E-state index is 12.0. The van der Waals surface area contributed by atoms with Gasteiger partial charge in [-0.1, -0.05) is 55.5 Å². The number of benzene rings is 2. The highest BCUT2D eigenvalue weighted by Gasteiger charge is 2.30. The van der Waals surface area contributed by atoms with Gasteiger partial charge in [0.1, 0.15) is 0 Å². The third-order valence-corrected chi connectivity index (χ3v) is 3.84. The van der Waals surface area contributed by atoms with Gasteiger partial charge < -0.3 is 5.32 Å². The van der Waals surface area contributed by atoms with E-state index in [1.54, 1.807) is 0 Å². The highest BCUT2D eigenvalue weighted by molar-refractivity contribution is 6.36. The van der Waals surface area contributed by atoms with Gasteiger partial charge in [-0.2, -0.15) is 0 Å². The molecule has 0 saturated heterocycles. The number of ketones is 1. The van der Waals surface area contributed by atoms with E-state index in [2.05, 4.69) is 5.32 Å². The molecule has 2 aromatic rings. The number of amides is 1. The molecule has 0 unspecified atom stereocenters. The van der Waals surface area contributed by atoms with Gasteiger partial charge >= 0.3 is 0 Å². The first-order valence-electron chi connectivity index (χ1n) is 7.24. The third kappa shape index (κ3) is 2.35. The Balaban J connectivity index is 1.96. The molecule has 2 aromatic carbocycles. The minimum Gasteiger partial charge on any atom is -0.339 e. The van der Waals surface area contributed by atoms with E-state index in [0.29, 0.717) is 12.8 Å². The summed E-state index contributed by atoms with van der Waals surface area (Å²) in [5, 5.41) is 2.89. The van der Waals surface area contributed by atoms with Crippen molar-refractivity contribution in [1.82, 2.24) is 5.32 Å². The molecule has 0 radical (unpaired) electrons. The van der Waals surface area contributed by atoms with Crippen LogP contribution in [0.3, 0.4) is 0 Å². The van der Waals surface area contributed by atoms with Crippen LogP contribution in [0.2, 0.25) is 0 Å². The predicted molar refractivity (Wildman–Crippen MR) is 81.8 cm³/mol. The van der Waals surface area contributed by atoms with Gasteiger partial charge in [0.15, 0.2) is 0 Å². The normalized spacial score (nSPS) is 12.6. The van der Waals surface area contributed by atoms with E-state index < -0.39 is 5.91 Å². The van der Waals surface area contributed by atoms with Crippen LogP contribution in [-0.2, 0) is 9.59 Å². The number of hydrogen-bond donors (Lipinski definition) is 1.